The number of benzene rings is 1. The zero-order valence-electron chi connectivity index (χ0n) is 12.5. The topological polar surface area (TPSA) is 66.8 Å². The summed E-state index contributed by atoms with van der Waals surface area (Å²) in [7, 11) is 0. The van der Waals surface area contributed by atoms with Gasteiger partial charge in [-0.15, -0.1) is 0 Å². The molecule has 1 atom stereocenters. The Morgan fingerprint density at radius 2 is 2.14 bits per heavy atom. The lowest BCUT2D eigenvalue weighted by atomic mass is 10.1. The number of aliphatic carboxylic acids is 1. The third-order valence-corrected chi connectivity index (χ3v) is 4.02. The number of likely N-dealkylation sites (tertiary alicyclic amines) is 1. The number of carbonyl (C=O) groups excluding carboxylic acids is 1. The molecular formula is C16H21NO4. The molecule has 0 radical (unpaired) electrons. The second kappa shape index (κ2) is 6.61. The van der Waals surface area contributed by atoms with Crippen molar-refractivity contribution in [1.29, 1.82) is 0 Å². The van der Waals surface area contributed by atoms with Crippen molar-refractivity contribution in [3.05, 3.63) is 29.3 Å². The Kier molecular flexibility index (Phi) is 4.83. The highest BCUT2D eigenvalue weighted by Gasteiger charge is 2.30. The fourth-order valence-corrected chi connectivity index (χ4v) is 2.48. The van der Waals surface area contributed by atoms with Crippen LogP contribution in [0, 0.1) is 19.8 Å². The number of rotatable bonds is 5. The molecule has 21 heavy (non-hydrogen) atoms. The Balaban J connectivity index is 1.80. The van der Waals surface area contributed by atoms with Crippen LogP contribution in [0.2, 0.25) is 0 Å². The minimum Gasteiger partial charge on any atom is -0.493 e. The molecule has 1 N–H and O–H groups in total. The third-order valence-electron chi connectivity index (χ3n) is 4.02. The van der Waals surface area contributed by atoms with Crippen molar-refractivity contribution in [2.45, 2.75) is 26.7 Å². The summed E-state index contributed by atoms with van der Waals surface area (Å²) in [4.78, 5) is 24.5. The van der Waals surface area contributed by atoms with Crippen molar-refractivity contribution in [2.75, 3.05) is 19.7 Å². The lowest BCUT2D eigenvalue weighted by Crippen LogP contribution is -2.30. The molecular weight excluding hydrogens is 270 g/mol. The number of hydrogen-bond acceptors (Lipinski definition) is 3. The van der Waals surface area contributed by atoms with Gasteiger partial charge in [0.15, 0.2) is 0 Å². The minimum atomic E-state index is -0.822. The zero-order chi connectivity index (χ0) is 15.4. The van der Waals surface area contributed by atoms with Gasteiger partial charge in [-0.05, 0) is 37.5 Å². The Hall–Kier alpha value is -2.04. The Labute approximate surface area is 124 Å². The van der Waals surface area contributed by atoms with Crippen molar-refractivity contribution in [2.24, 2.45) is 5.92 Å². The lowest BCUT2D eigenvalue weighted by Gasteiger charge is -2.16. The van der Waals surface area contributed by atoms with Crippen molar-refractivity contribution >= 4 is 11.9 Å². The van der Waals surface area contributed by atoms with E-state index in [2.05, 4.69) is 0 Å². The van der Waals surface area contributed by atoms with Crippen LogP contribution in [0.5, 0.6) is 5.75 Å². The van der Waals surface area contributed by atoms with Crippen LogP contribution in [0.25, 0.3) is 0 Å². The van der Waals surface area contributed by atoms with Crippen LogP contribution >= 0.6 is 0 Å². The van der Waals surface area contributed by atoms with Gasteiger partial charge in [-0.25, -0.2) is 0 Å². The predicted molar refractivity (Wildman–Crippen MR) is 78.4 cm³/mol. The molecule has 1 saturated heterocycles. The molecule has 0 saturated carbocycles. The molecule has 2 rings (SSSR count). The summed E-state index contributed by atoms with van der Waals surface area (Å²) >= 11 is 0. The van der Waals surface area contributed by atoms with Gasteiger partial charge < -0.3 is 14.7 Å². The normalized spacial score (nSPS) is 17.8. The highest BCUT2D eigenvalue weighted by atomic mass is 16.5. The summed E-state index contributed by atoms with van der Waals surface area (Å²) in [6.45, 7) is 5.17. The third kappa shape index (κ3) is 3.74. The van der Waals surface area contributed by atoms with Gasteiger partial charge in [-0.1, -0.05) is 12.1 Å². The highest BCUT2D eigenvalue weighted by molar-refractivity contribution is 5.78. The molecule has 1 fully saturated rings. The largest absolute Gasteiger partial charge is 0.493 e. The number of amides is 1. The Morgan fingerprint density at radius 3 is 2.81 bits per heavy atom. The van der Waals surface area contributed by atoms with Gasteiger partial charge in [0.1, 0.15) is 5.75 Å². The fourth-order valence-electron chi connectivity index (χ4n) is 2.48. The molecule has 114 valence electrons. The molecule has 5 nitrogen and oxygen atoms in total. The molecule has 1 aromatic carbocycles. The van der Waals surface area contributed by atoms with E-state index < -0.39 is 11.9 Å². The molecule has 0 unspecified atom stereocenters. The molecule has 0 bridgehead atoms. The van der Waals surface area contributed by atoms with Crippen molar-refractivity contribution in [3.63, 3.8) is 0 Å². The first-order chi connectivity index (χ1) is 9.99. The second-order valence-corrected chi connectivity index (χ2v) is 5.46. The highest BCUT2D eigenvalue weighted by Crippen LogP contribution is 2.21. The number of ether oxygens (including phenoxy) is 1. The summed E-state index contributed by atoms with van der Waals surface area (Å²) in [6, 6.07) is 5.84. The second-order valence-electron chi connectivity index (χ2n) is 5.46. The fraction of sp³-hybridized carbons (Fsp3) is 0.500. The number of hydrogen-bond donors (Lipinski definition) is 1. The molecule has 0 aromatic heterocycles. The maximum absolute atomic E-state index is 12.0. The van der Waals surface area contributed by atoms with Gasteiger partial charge in [0.05, 0.1) is 18.9 Å². The van der Waals surface area contributed by atoms with E-state index in [1.807, 2.05) is 32.0 Å². The Bertz CT molecular complexity index is 541. The monoisotopic (exact) mass is 291 g/mol. The number of carboxylic acids is 1. The van der Waals surface area contributed by atoms with Gasteiger partial charge in [0.25, 0.3) is 0 Å². The molecule has 1 aliphatic heterocycles. The van der Waals surface area contributed by atoms with Gasteiger partial charge in [0.2, 0.25) is 5.91 Å². The first-order valence-electron chi connectivity index (χ1n) is 7.18. The van der Waals surface area contributed by atoms with Crippen molar-refractivity contribution < 1.29 is 19.4 Å². The molecule has 1 amide bonds. The first-order valence-corrected chi connectivity index (χ1v) is 7.18. The van der Waals surface area contributed by atoms with E-state index in [0.717, 1.165) is 16.9 Å². The van der Waals surface area contributed by atoms with E-state index in [1.54, 1.807) is 4.90 Å². The predicted octanol–water partition coefficient (Wildman–Crippen LogP) is 2.01. The van der Waals surface area contributed by atoms with Gasteiger partial charge in [-0.2, -0.15) is 0 Å². The van der Waals surface area contributed by atoms with E-state index in [-0.39, 0.29) is 12.3 Å². The standard InChI is InChI=1S/C16H21NO4/c1-11-4-3-5-14(12(11)2)21-9-7-15(18)17-8-6-13(10-17)16(19)20/h3-5,13H,6-10H2,1-2H3,(H,19,20)/t13-/m0/s1. The van der Waals surface area contributed by atoms with Gasteiger partial charge >= 0.3 is 5.97 Å². The van der Waals surface area contributed by atoms with Crippen LogP contribution in [0.4, 0.5) is 0 Å². The van der Waals surface area contributed by atoms with Gasteiger partial charge in [0, 0.05) is 13.1 Å². The van der Waals surface area contributed by atoms with E-state index in [9.17, 15) is 9.59 Å². The van der Waals surface area contributed by atoms with Crippen LogP contribution in [-0.4, -0.2) is 41.6 Å². The van der Waals surface area contributed by atoms with Crippen molar-refractivity contribution in [1.82, 2.24) is 4.90 Å². The van der Waals surface area contributed by atoms with Crippen LogP contribution < -0.4 is 4.74 Å². The smallest absolute Gasteiger partial charge is 0.308 e. The Morgan fingerprint density at radius 1 is 1.38 bits per heavy atom. The molecule has 5 heteroatoms. The first kappa shape index (κ1) is 15.4. The zero-order valence-corrected chi connectivity index (χ0v) is 12.5. The van der Waals surface area contributed by atoms with Crippen LogP contribution in [0.1, 0.15) is 24.0 Å². The molecule has 0 spiro atoms. The minimum absolute atomic E-state index is 0.0379. The summed E-state index contributed by atoms with van der Waals surface area (Å²) in [5.74, 6) is -0.484. The van der Waals surface area contributed by atoms with Crippen LogP contribution in [-0.2, 0) is 9.59 Å². The maximum Gasteiger partial charge on any atom is 0.308 e. The quantitative estimate of drug-likeness (QED) is 0.901. The summed E-state index contributed by atoms with van der Waals surface area (Å²) in [6.07, 6.45) is 0.818. The average Bonchev–Trinajstić information content (AvgIpc) is 2.93. The van der Waals surface area contributed by atoms with E-state index in [0.29, 0.717) is 26.1 Å². The molecule has 1 aliphatic rings. The van der Waals surface area contributed by atoms with Crippen molar-refractivity contribution in [3.8, 4) is 5.75 Å². The van der Waals surface area contributed by atoms with Crippen LogP contribution in [0.3, 0.4) is 0 Å². The summed E-state index contributed by atoms with van der Waals surface area (Å²) < 4.78 is 5.66. The molecule has 0 aliphatic carbocycles. The summed E-state index contributed by atoms with van der Waals surface area (Å²) in [5.41, 5.74) is 2.24. The maximum atomic E-state index is 12.0. The SMILES string of the molecule is Cc1cccc(OCCC(=O)N2CC[C@H](C(=O)O)C2)c1C. The van der Waals surface area contributed by atoms with Gasteiger partial charge in [-0.3, -0.25) is 9.59 Å². The van der Waals surface area contributed by atoms with E-state index in [4.69, 9.17) is 9.84 Å². The molecule has 1 aromatic rings. The number of aryl methyl sites for hydroxylation is 1. The average molecular weight is 291 g/mol. The summed E-state index contributed by atoms with van der Waals surface area (Å²) in [5, 5.41) is 8.93. The lowest BCUT2D eigenvalue weighted by molar-refractivity contribution is -0.141. The van der Waals surface area contributed by atoms with E-state index >= 15 is 0 Å². The van der Waals surface area contributed by atoms with E-state index in [1.165, 1.54) is 0 Å². The molecule has 1 heterocycles. The number of carboxylic acid groups (broad SMARTS) is 1. The van der Waals surface area contributed by atoms with Crippen LogP contribution in [0.15, 0.2) is 18.2 Å². The number of carbonyl (C=O) groups is 2. The number of nitrogens with zero attached hydrogens (tertiary/aromatic N) is 1.